The Morgan fingerprint density at radius 1 is 1.19 bits per heavy atom. The number of carbonyl (C=O) groups is 1. The fourth-order valence-corrected chi connectivity index (χ4v) is 3.28. The Morgan fingerprint density at radius 2 is 1.96 bits per heavy atom. The molecule has 1 saturated heterocycles. The predicted molar refractivity (Wildman–Crippen MR) is 102 cm³/mol. The van der Waals surface area contributed by atoms with Crippen LogP contribution in [-0.2, 0) is 4.74 Å². The summed E-state index contributed by atoms with van der Waals surface area (Å²) >= 11 is 0. The molecule has 27 heavy (non-hydrogen) atoms. The van der Waals surface area contributed by atoms with E-state index in [1.165, 1.54) is 0 Å². The highest BCUT2D eigenvalue weighted by Gasteiger charge is 2.23. The molecule has 1 aromatic heterocycles. The lowest BCUT2D eigenvalue weighted by Crippen LogP contribution is -2.44. The fraction of sp³-hybridized carbons (Fsp3) is 0.250. The maximum Gasteiger partial charge on any atom is 0.274 e. The first-order valence-electron chi connectivity index (χ1n) is 8.83. The molecular weight excluding hydrogens is 344 g/mol. The highest BCUT2D eigenvalue weighted by molar-refractivity contribution is 5.94. The molecule has 0 unspecified atom stereocenters. The largest absolute Gasteiger partial charge is 0.377 e. The number of carbonyl (C=O) groups excluding carboxylic acids is 1. The summed E-state index contributed by atoms with van der Waals surface area (Å²) in [6.07, 6.45) is 0. The number of nitrogens with zero attached hydrogens (tertiary/aromatic N) is 3. The van der Waals surface area contributed by atoms with Crippen molar-refractivity contribution in [2.75, 3.05) is 24.7 Å². The standard InChI is InChI=1S/C20H20N4O3/c1-13-12-27-11-10-24(13)19-16-4-2-3-5-17(16)21-18(22-19)14-6-8-15(9-7-14)20(25)23-26/h2-9,13,26H,10-12H2,1H3,(H,23,25)/t13-/m0/s1. The van der Waals surface area contributed by atoms with E-state index in [0.29, 0.717) is 24.6 Å². The number of rotatable bonds is 3. The summed E-state index contributed by atoms with van der Waals surface area (Å²) in [4.78, 5) is 23.3. The second-order valence-electron chi connectivity index (χ2n) is 6.52. The molecule has 2 N–H and O–H groups in total. The average Bonchev–Trinajstić information content (AvgIpc) is 2.73. The summed E-state index contributed by atoms with van der Waals surface area (Å²) in [5, 5.41) is 9.76. The minimum absolute atomic E-state index is 0.223. The molecule has 1 aliphatic heterocycles. The van der Waals surface area contributed by atoms with Gasteiger partial charge in [0.15, 0.2) is 5.82 Å². The van der Waals surface area contributed by atoms with Gasteiger partial charge in [0.25, 0.3) is 5.91 Å². The lowest BCUT2D eigenvalue weighted by Gasteiger charge is -2.35. The average molecular weight is 364 g/mol. The van der Waals surface area contributed by atoms with E-state index in [1.807, 2.05) is 24.3 Å². The number of hydrogen-bond acceptors (Lipinski definition) is 6. The van der Waals surface area contributed by atoms with Crippen molar-refractivity contribution in [1.29, 1.82) is 0 Å². The van der Waals surface area contributed by atoms with Crippen LogP contribution in [0.4, 0.5) is 5.82 Å². The minimum atomic E-state index is -0.552. The third-order valence-corrected chi connectivity index (χ3v) is 4.73. The van der Waals surface area contributed by atoms with E-state index in [-0.39, 0.29) is 6.04 Å². The van der Waals surface area contributed by atoms with Gasteiger partial charge in [0, 0.05) is 23.1 Å². The van der Waals surface area contributed by atoms with Crippen LogP contribution in [0, 0.1) is 0 Å². The monoisotopic (exact) mass is 364 g/mol. The Kier molecular flexibility index (Phi) is 4.70. The van der Waals surface area contributed by atoms with Gasteiger partial charge in [-0.3, -0.25) is 10.0 Å². The lowest BCUT2D eigenvalue weighted by atomic mass is 10.1. The summed E-state index contributed by atoms with van der Waals surface area (Å²) in [7, 11) is 0. The van der Waals surface area contributed by atoms with Gasteiger partial charge in [0.05, 0.1) is 24.8 Å². The van der Waals surface area contributed by atoms with Crippen molar-refractivity contribution in [2.45, 2.75) is 13.0 Å². The molecule has 0 bridgehead atoms. The first-order chi connectivity index (χ1) is 13.2. The number of anilines is 1. The van der Waals surface area contributed by atoms with E-state index >= 15 is 0 Å². The highest BCUT2D eigenvalue weighted by Crippen LogP contribution is 2.29. The topological polar surface area (TPSA) is 87.6 Å². The molecule has 0 spiro atoms. The van der Waals surface area contributed by atoms with Crippen LogP contribution < -0.4 is 10.4 Å². The Hall–Kier alpha value is -3.03. The predicted octanol–water partition coefficient (Wildman–Crippen LogP) is 2.64. The van der Waals surface area contributed by atoms with E-state index in [4.69, 9.17) is 19.9 Å². The molecule has 1 fully saturated rings. The number of nitrogens with one attached hydrogen (secondary N) is 1. The molecule has 0 aliphatic carbocycles. The van der Waals surface area contributed by atoms with Crippen LogP contribution in [0.1, 0.15) is 17.3 Å². The summed E-state index contributed by atoms with van der Waals surface area (Å²) in [6.45, 7) is 4.23. The number of fused-ring (bicyclic) bond motifs is 1. The Labute approximate surface area is 156 Å². The molecule has 4 rings (SSSR count). The van der Waals surface area contributed by atoms with Crippen molar-refractivity contribution >= 4 is 22.6 Å². The van der Waals surface area contributed by atoms with Crippen molar-refractivity contribution < 1.29 is 14.7 Å². The molecule has 1 amide bonds. The molecule has 1 aliphatic rings. The molecule has 0 saturated carbocycles. The molecule has 2 heterocycles. The molecular formula is C20H20N4O3. The van der Waals surface area contributed by atoms with Crippen molar-refractivity contribution in [2.24, 2.45) is 0 Å². The van der Waals surface area contributed by atoms with Crippen LogP contribution in [0.25, 0.3) is 22.3 Å². The van der Waals surface area contributed by atoms with Gasteiger partial charge in [-0.05, 0) is 31.2 Å². The summed E-state index contributed by atoms with van der Waals surface area (Å²) in [5.74, 6) is 0.936. The van der Waals surface area contributed by atoms with Gasteiger partial charge in [-0.2, -0.15) is 0 Å². The van der Waals surface area contributed by atoms with Crippen molar-refractivity contribution in [3.63, 3.8) is 0 Å². The molecule has 7 heteroatoms. The van der Waals surface area contributed by atoms with Crippen molar-refractivity contribution in [3.8, 4) is 11.4 Å². The summed E-state index contributed by atoms with van der Waals surface area (Å²) < 4.78 is 5.56. The second-order valence-corrected chi connectivity index (χ2v) is 6.52. The number of benzene rings is 2. The quantitative estimate of drug-likeness (QED) is 0.549. The molecule has 138 valence electrons. The number of para-hydroxylation sites is 1. The normalized spacial score (nSPS) is 17.1. The van der Waals surface area contributed by atoms with Crippen molar-refractivity contribution in [3.05, 3.63) is 54.1 Å². The number of hydrogen-bond donors (Lipinski definition) is 2. The van der Waals surface area contributed by atoms with Crippen LogP contribution >= 0.6 is 0 Å². The zero-order valence-electron chi connectivity index (χ0n) is 14.9. The minimum Gasteiger partial charge on any atom is -0.377 e. The zero-order chi connectivity index (χ0) is 18.8. The van der Waals surface area contributed by atoms with E-state index < -0.39 is 5.91 Å². The van der Waals surface area contributed by atoms with Crippen LogP contribution in [0.15, 0.2) is 48.5 Å². The first-order valence-corrected chi connectivity index (χ1v) is 8.83. The highest BCUT2D eigenvalue weighted by atomic mass is 16.5. The third-order valence-electron chi connectivity index (χ3n) is 4.73. The smallest absolute Gasteiger partial charge is 0.274 e. The second kappa shape index (κ2) is 7.30. The SMILES string of the molecule is C[C@H]1COCCN1c1nc(-c2ccc(C(=O)NO)cc2)nc2ccccc12. The maximum atomic E-state index is 11.5. The van der Waals surface area contributed by atoms with Crippen LogP contribution in [0.5, 0.6) is 0 Å². The van der Waals surface area contributed by atoms with Gasteiger partial charge in [0.1, 0.15) is 5.82 Å². The van der Waals surface area contributed by atoms with Gasteiger partial charge < -0.3 is 9.64 Å². The van der Waals surface area contributed by atoms with E-state index in [0.717, 1.165) is 28.8 Å². The summed E-state index contributed by atoms with van der Waals surface area (Å²) in [6, 6.07) is 15.0. The van der Waals surface area contributed by atoms with Gasteiger partial charge in [0.2, 0.25) is 0 Å². The van der Waals surface area contributed by atoms with Crippen LogP contribution in [-0.4, -0.2) is 46.9 Å². The Balaban J connectivity index is 1.81. The number of hydroxylamine groups is 1. The van der Waals surface area contributed by atoms with Gasteiger partial charge >= 0.3 is 0 Å². The maximum absolute atomic E-state index is 11.5. The van der Waals surface area contributed by atoms with E-state index in [2.05, 4.69) is 11.8 Å². The molecule has 0 radical (unpaired) electrons. The fourth-order valence-electron chi connectivity index (χ4n) is 3.28. The Bertz CT molecular complexity index is 975. The Morgan fingerprint density at radius 3 is 2.70 bits per heavy atom. The molecule has 3 aromatic rings. The number of ether oxygens (including phenoxy) is 1. The van der Waals surface area contributed by atoms with Gasteiger partial charge in [-0.1, -0.05) is 24.3 Å². The number of morpholine rings is 1. The summed E-state index contributed by atoms with van der Waals surface area (Å²) in [5.41, 5.74) is 3.67. The molecule has 2 aromatic carbocycles. The lowest BCUT2D eigenvalue weighted by molar-refractivity contribution is 0.0706. The van der Waals surface area contributed by atoms with Gasteiger partial charge in [-0.15, -0.1) is 0 Å². The van der Waals surface area contributed by atoms with Crippen LogP contribution in [0.2, 0.25) is 0 Å². The number of aromatic nitrogens is 2. The molecule has 7 nitrogen and oxygen atoms in total. The number of amides is 1. The van der Waals surface area contributed by atoms with Crippen LogP contribution in [0.3, 0.4) is 0 Å². The molecule has 1 atom stereocenters. The van der Waals surface area contributed by atoms with E-state index in [9.17, 15) is 4.79 Å². The first kappa shape index (κ1) is 17.4. The van der Waals surface area contributed by atoms with Crippen molar-refractivity contribution in [1.82, 2.24) is 15.4 Å². The van der Waals surface area contributed by atoms with E-state index in [1.54, 1.807) is 29.7 Å². The third kappa shape index (κ3) is 3.34. The van der Waals surface area contributed by atoms with Gasteiger partial charge in [-0.25, -0.2) is 15.4 Å². The zero-order valence-corrected chi connectivity index (χ0v) is 14.9.